The van der Waals surface area contributed by atoms with Gasteiger partial charge < -0.3 is 9.64 Å². The smallest absolute Gasteiger partial charge is 0.328 e. The average Bonchev–Trinajstić information content (AvgIpc) is 2.46. The third-order valence-electron chi connectivity index (χ3n) is 3.18. The zero-order valence-corrected chi connectivity index (χ0v) is 10.3. The van der Waals surface area contributed by atoms with Gasteiger partial charge in [-0.1, -0.05) is 0 Å². The van der Waals surface area contributed by atoms with E-state index in [0.717, 1.165) is 32.1 Å². The molecule has 0 amide bonds. The van der Waals surface area contributed by atoms with Crippen LogP contribution in [-0.2, 0) is 9.53 Å². The fourth-order valence-corrected chi connectivity index (χ4v) is 2.25. The van der Waals surface area contributed by atoms with Crippen LogP contribution in [0.3, 0.4) is 0 Å². The van der Waals surface area contributed by atoms with Gasteiger partial charge in [-0.3, -0.25) is 4.79 Å². The Kier molecular flexibility index (Phi) is 3.92. The number of carbonyl (C=O) groups is 2. The van der Waals surface area contributed by atoms with Gasteiger partial charge in [-0.05, 0) is 31.4 Å². The molecule has 2 heterocycles. The number of anilines is 1. The SMILES string of the molecule is COC(=O)C1CCCCN1c1cc(C=O)ccn1. The lowest BCUT2D eigenvalue weighted by molar-refractivity contribution is -0.142. The number of piperidine rings is 1. The van der Waals surface area contributed by atoms with Crippen molar-refractivity contribution in [1.29, 1.82) is 0 Å². The Morgan fingerprint density at radius 3 is 3.11 bits per heavy atom. The first kappa shape index (κ1) is 12.5. The first-order valence-corrected chi connectivity index (χ1v) is 6.02. The number of hydrogen-bond acceptors (Lipinski definition) is 5. The van der Waals surface area contributed by atoms with Crippen molar-refractivity contribution >= 4 is 18.1 Å². The van der Waals surface area contributed by atoms with Crippen LogP contribution in [-0.4, -0.2) is 36.9 Å². The van der Waals surface area contributed by atoms with Crippen molar-refractivity contribution in [2.75, 3.05) is 18.6 Å². The third-order valence-corrected chi connectivity index (χ3v) is 3.18. The zero-order chi connectivity index (χ0) is 13.0. The predicted octanol–water partition coefficient (Wildman–Crippen LogP) is 1.43. The highest BCUT2D eigenvalue weighted by atomic mass is 16.5. The van der Waals surface area contributed by atoms with Crippen molar-refractivity contribution in [1.82, 2.24) is 4.98 Å². The summed E-state index contributed by atoms with van der Waals surface area (Å²) in [6.45, 7) is 0.759. The molecule has 1 aromatic heterocycles. The summed E-state index contributed by atoms with van der Waals surface area (Å²) in [5.41, 5.74) is 0.564. The molecule has 0 N–H and O–H groups in total. The van der Waals surface area contributed by atoms with Crippen molar-refractivity contribution in [3.8, 4) is 0 Å². The summed E-state index contributed by atoms with van der Waals surface area (Å²) in [4.78, 5) is 28.7. The van der Waals surface area contributed by atoms with E-state index in [1.165, 1.54) is 7.11 Å². The van der Waals surface area contributed by atoms with E-state index in [1.54, 1.807) is 18.3 Å². The summed E-state index contributed by atoms with van der Waals surface area (Å²) in [5, 5.41) is 0. The van der Waals surface area contributed by atoms with Crippen molar-refractivity contribution < 1.29 is 14.3 Å². The van der Waals surface area contributed by atoms with Crippen LogP contribution in [0.5, 0.6) is 0 Å². The molecule has 2 rings (SSSR count). The number of aldehydes is 1. The highest BCUT2D eigenvalue weighted by Gasteiger charge is 2.30. The molecule has 0 aromatic carbocycles. The fraction of sp³-hybridized carbons (Fsp3) is 0.462. The standard InChI is InChI=1S/C13H16N2O3/c1-18-13(17)11-4-2-3-7-15(11)12-8-10(9-16)5-6-14-12/h5-6,8-9,11H,2-4,7H2,1H3. The first-order chi connectivity index (χ1) is 8.76. The van der Waals surface area contributed by atoms with E-state index < -0.39 is 0 Å². The number of rotatable bonds is 3. The highest BCUT2D eigenvalue weighted by Crippen LogP contribution is 2.24. The van der Waals surface area contributed by atoms with E-state index in [4.69, 9.17) is 4.74 Å². The Hall–Kier alpha value is -1.91. The summed E-state index contributed by atoms with van der Waals surface area (Å²) in [7, 11) is 1.39. The van der Waals surface area contributed by atoms with Gasteiger partial charge in [0.25, 0.3) is 0 Å². The van der Waals surface area contributed by atoms with Gasteiger partial charge in [-0.2, -0.15) is 0 Å². The van der Waals surface area contributed by atoms with E-state index >= 15 is 0 Å². The molecular weight excluding hydrogens is 232 g/mol. The maximum atomic E-state index is 11.7. The number of nitrogens with zero attached hydrogens (tertiary/aromatic N) is 2. The number of methoxy groups -OCH3 is 1. The van der Waals surface area contributed by atoms with Crippen molar-refractivity contribution in [2.45, 2.75) is 25.3 Å². The van der Waals surface area contributed by atoms with E-state index in [-0.39, 0.29) is 12.0 Å². The van der Waals surface area contributed by atoms with Gasteiger partial charge in [0.1, 0.15) is 18.1 Å². The van der Waals surface area contributed by atoms with E-state index in [2.05, 4.69) is 4.98 Å². The highest BCUT2D eigenvalue weighted by molar-refractivity contribution is 5.81. The molecule has 5 nitrogen and oxygen atoms in total. The quantitative estimate of drug-likeness (QED) is 0.598. The van der Waals surface area contributed by atoms with Crippen molar-refractivity contribution in [2.24, 2.45) is 0 Å². The van der Waals surface area contributed by atoms with E-state index in [0.29, 0.717) is 11.4 Å². The van der Waals surface area contributed by atoms with Crippen molar-refractivity contribution in [3.63, 3.8) is 0 Å². The predicted molar refractivity (Wildman–Crippen MR) is 66.6 cm³/mol. The normalized spacial score (nSPS) is 19.4. The third kappa shape index (κ3) is 2.50. The van der Waals surface area contributed by atoms with Crippen LogP contribution < -0.4 is 4.90 Å². The van der Waals surface area contributed by atoms with Gasteiger partial charge in [-0.15, -0.1) is 0 Å². The molecule has 1 fully saturated rings. The molecule has 1 saturated heterocycles. The van der Waals surface area contributed by atoms with Gasteiger partial charge in [0.15, 0.2) is 0 Å². The van der Waals surface area contributed by atoms with Crippen LogP contribution in [0.25, 0.3) is 0 Å². The number of carbonyl (C=O) groups excluding carboxylic acids is 2. The molecule has 5 heteroatoms. The van der Waals surface area contributed by atoms with Gasteiger partial charge in [0.2, 0.25) is 0 Å². The molecule has 1 aliphatic heterocycles. The molecule has 0 saturated carbocycles. The fourth-order valence-electron chi connectivity index (χ4n) is 2.25. The minimum absolute atomic E-state index is 0.243. The van der Waals surface area contributed by atoms with Gasteiger partial charge in [0.05, 0.1) is 7.11 Å². The molecular formula is C13H16N2O3. The molecule has 1 aromatic rings. The number of ether oxygens (including phenoxy) is 1. The summed E-state index contributed by atoms with van der Waals surface area (Å²) >= 11 is 0. The molecule has 1 unspecified atom stereocenters. The lowest BCUT2D eigenvalue weighted by atomic mass is 10.0. The number of hydrogen-bond donors (Lipinski definition) is 0. The largest absolute Gasteiger partial charge is 0.467 e. The minimum atomic E-state index is -0.293. The molecule has 0 spiro atoms. The second kappa shape index (κ2) is 5.62. The van der Waals surface area contributed by atoms with Gasteiger partial charge in [-0.25, -0.2) is 9.78 Å². The Bertz CT molecular complexity index is 448. The molecule has 1 aliphatic rings. The lowest BCUT2D eigenvalue weighted by Crippen LogP contribution is -2.45. The molecule has 18 heavy (non-hydrogen) atoms. The summed E-state index contributed by atoms with van der Waals surface area (Å²) in [6.07, 6.45) is 5.15. The van der Waals surface area contributed by atoms with Crippen LogP contribution in [0.2, 0.25) is 0 Å². The summed E-state index contributed by atoms with van der Waals surface area (Å²) < 4.78 is 4.82. The monoisotopic (exact) mass is 248 g/mol. The van der Waals surface area contributed by atoms with Crippen LogP contribution in [0.15, 0.2) is 18.3 Å². The average molecular weight is 248 g/mol. The first-order valence-electron chi connectivity index (χ1n) is 6.02. The van der Waals surface area contributed by atoms with Crippen molar-refractivity contribution in [3.05, 3.63) is 23.9 Å². The van der Waals surface area contributed by atoms with Crippen LogP contribution in [0, 0.1) is 0 Å². The molecule has 0 aliphatic carbocycles. The van der Waals surface area contributed by atoms with E-state index in [9.17, 15) is 9.59 Å². The lowest BCUT2D eigenvalue weighted by Gasteiger charge is -2.34. The Morgan fingerprint density at radius 2 is 2.39 bits per heavy atom. The second-order valence-corrected chi connectivity index (χ2v) is 4.29. The van der Waals surface area contributed by atoms with Gasteiger partial charge in [0, 0.05) is 18.3 Å². The van der Waals surface area contributed by atoms with Crippen LogP contribution in [0.4, 0.5) is 5.82 Å². The van der Waals surface area contributed by atoms with Crippen LogP contribution in [0.1, 0.15) is 29.6 Å². The Balaban J connectivity index is 2.27. The maximum Gasteiger partial charge on any atom is 0.328 e. The minimum Gasteiger partial charge on any atom is -0.467 e. The number of pyridine rings is 1. The summed E-state index contributed by atoms with van der Waals surface area (Å²) in [6, 6.07) is 3.06. The number of esters is 1. The van der Waals surface area contributed by atoms with Gasteiger partial charge >= 0.3 is 5.97 Å². The topological polar surface area (TPSA) is 59.5 Å². The van der Waals surface area contributed by atoms with E-state index in [1.807, 2.05) is 4.90 Å². The zero-order valence-electron chi connectivity index (χ0n) is 10.3. The number of aromatic nitrogens is 1. The molecule has 0 radical (unpaired) electrons. The molecule has 0 bridgehead atoms. The van der Waals surface area contributed by atoms with Crippen LogP contribution >= 0.6 is 0 Å². The Labute approximate surface area is 106 Å². The second-order valence-electron chi connectivity index (χ2n) is 4.29. The maximum absolute atomic E-state index is 11.7. The molecule has 1 atom stereocenters. The Morgan fingerprint density at radius 1 is 1.56 bits per heavy atom. The molecule has 96 valence electrons. The summed E-state index contributed by atoms with van der Waals surface area (Å²) in [5.74, 6) is 0.419.